The fraction of sp³-hybridized carbons (Fsp3) is 0.368. The molecular formula is C19H24N6O3S. The van der Waals surface area contributed by atoms with Crippen LogP contribution in [0.2, 0.25) is 0 Å². The van der Waals surface area contributed by atoms with Crippen molar-refractivity contribution in [1.29, 1.82) is 0 Å². The van der Waals surface area contributed by atoms with Crippen molar-refractivity contribution in [2.24, 2.45) is 7.05 Å². The fourth-order valence-electron chi connectivity index (χ4n) is 2.70. The Morgan fingerprint density at radius 1 is 1.24 bits per heavy atom. The summed E-state index contributed by atoms with van der Waals surface area (Å²) in [6.45, 7) is 5.15. The minimum atomic E-state index is -0.155. The smallest absolute Gasteiger partial charge is 0.243 e. The lowest BCUT2D eigenvalue weighted by Crippen LogP contribution is -2.15. The van der Waals surface area contributed by atoms with Gasteiger partial charge in [0.25, 0.3) is 0 Å². The van der Waals surface area contributed by atoms with Gasteiger partial charge in [0.05, 0.1) is 25.2 Å². The highest BCUT2D eigenvalue weighted by atomic mass is 32.2. The summed E-state index contributed by atoms with van der Waals surface area (Å²) in [5.74, 6) is 1.81. The lowest BCUT2D eigenvalue weighted by Gasteiger charge is -2.09. The van der Waals surface area contributed by atoms with Crippen molar-refractivity contribution in [2.75, 3.05) is 24.8 Å². The molecule has 154 valence electrons. The van der Waals surface area contributed by atoms with Crippen molar-refractivity contribution in [2.45, 2.75) is 25.5 Å². The Balaban J connectivity index is 1.70. The monoisotopic (exact) mass is 416 g/mol. The van der Waals surface area contributed by atoms with Gasteiger partial charge >= 0.3 is 0 Å². The summed E-state index contributed by atoms with van der Waals surface area (Å²) in [5, 5.41) is 16.4. The van der Waals surface area contributed by atoms with E-state index in [1.165, 1.54) is 11.8 Å². The van der Waals surface area contributed by atoms with Gasteiger partial charge in [-0.2, -0.15) is 0 Å². The third kappa shape index (κ3) is 4.70. The maximum atomic E-state index is 12.3. The first kappa shape index (κ1) is 20.7. The quantitative estimate of drug-likeness (QED) is 0.536. The number of aromatic nitrogens is 5. The lowest BCUT2D eigenvalue weighted by atomic mass is 10.3. The minimum absolute atomic E-state index is 0.155. The second kappa shape index (κ2) is 9.46. The molecule has 0 saturated heterocycles. The van der Waals surface area contributed by atoms with Gasteiger partial charge in [-0.25, -0.2) is 0 Å². The molecule has 0 aliphatic heterocycles. The molecule has 1 N–H and O–H groups in total. The standard InChI is InChI=1S/C19H24N6O3S/c1-5-25-11-13(18(23-25)28-6-2)17-21-22-19(24(17)3)29-12-16(26)20-14-9-7-8-10-15(14)27-4/h7-11H,5-6,12H2,1-4H3,(H,20,26). The molecule has 0 bridgehead atoms. The van der Waals surface area contributed by atoms with Crippen LogP contribution in [-0.2, 0) is 18.4 Å². The number of aryl methyl sites for hydroxylation is 1. The number of amides is 1. The lowest BCUT2D eigenvalue weighted by molar-refractivity contribution is -0.113. The van der Waals surface area contributed by atoms with Gasteiger partial charge in [-0.15, -0.1) is 15.3 Å². The Kier molecular flexibility index (Phi) is 6.76. The van der Waals surface area contributed by atoms with Crippen LogP contribution in [0.5, 0.6) is 11.6 Å². The zero-order valence-corrected chi connectivity index (χ0v) is 17.7. The molecule has 0 radical (unpaired) electrons. The zero-order chi connectivity index (χ0) is 20.8. The molecule has 3 aromatic rings. The van der Waals surface area contributed by atoms with E-state index in [1.807, 2.05) is 43.8 Å². The van der Waals surface area contributed by atoms with Crippen LogP contribution >= 0.6 is 11.8 Å². The predicted molar refractivity (Wildman–Crippen MR) is 111 cm³/mol. The fourth-order valence-corrected chi connectivity index (χ4v) is 3.41. The molecule has 1 aromatic carbocycles. The van der Waals surface area contributed by atoms with Gasteiger partial charge in [0.2, 0.25) is 11.8 Å². The molecule has 0 spiro atoms. The zero-order valence-electron chi connectivity index (χ0n) is 16.9. The van der Waals surface area contributed by atoms with E-state index in [1.54, 1.807) is 23.9 Å². The third-order valence-electron chi connectivity index (χ3n) is 4.12. The van der Waals surface area contributed by atoms with Crippen LogP contribution in [0, 0.1) is 0 Å². The summed E-state index contributed by atoms with van der Waals surface area (Å²) in [7, 11) is 3.42. The summed E-state index contributed by atoms with van der Waals surface area (Å²) < 4.78 is 14.5. The van der Waals surface area contributed by atoms with Crippen molar-refractivity contribution in [3.8, 4) is 23.0 Å². The molecule has 10 heteroatoms. The average molecular weight is 417 g/mol. The van der Waals surface area contributed by atoms with Gasteiger partial charge in [-0.3, -0.25) is 9.48 Å². The number of nitrogens with one attached hydrogen (secondary N) is 1. The summed E-state index contributed by atoms with van der Waals surface area (Å²) >= 11 is 1.30. The first-order chi connectivity index (χ1) is 14.1. The van der Waals surface area contributed by atoms with E-state index in [2.05, 4.69) is 20.6 Å². The second-order valence-electron chi connectivity index (χ2n) is 6.04. The minimum Gasteiger partial charge on any atom is -0.495 e. The number of ether oxygens (including phenoxy) is 2. The van der Waals surface area contributed by atoms with Gasteiger partial charge in [-0.05, 0) is 26.0 Å². The molecule has 2 heterocycles. The number of hydrogen-bond donors (Lipinski definition) is 1. The van der Waals surface area contributed by atoms with Crippen molar-refractivity contribution in [1.82, 2.24) is 24.5 Å². The third-order valence-corrected chi connectivity index (χ3v) is 5.14. The Morgan fingerprint density at radius 3 is 2.76 bits per heavy atom. The Bertz CT molecular complexity index is 984. The number of anilines is 1. The summed E-state index contributed by atoms with van der Waals surface area (Å²) in [6.07, 6.45) is 1.89. The summed E-state index contributed by atoms with van der Waals surface area (Å²) in [4.78, 5) is 12.3. The normalized spacial score (nSPS) is 10.8. The van der Waals surface area contributed by atoms with Gasteiger partial charge in [0, 0.05) is 19.8 Å². The maximum absolute atomic E-state index is 12.3. The number of methoxy groups -OCH3 is 1. The van der Waals surface area contributed by atoms with Crippen LogP contribution in [0.1, 0.15) is 13.8 Å². The highest BCUT2D eigenvalue weighted by Crippen LogP contribution is 2.30. The highest BCUT2D eigenvalue weighted by molar-refractivity contribution is 7.99. The van der Waals surface area contributed by atoms with E-state index in [0.717, 1.165) is 12.1 Å². The van der Waals surface area contributed by atoms with Crippen LogP contribution in [0.25, 0.3) is 11.4 Å². The molecule has 29 heavy (non-hydrogen) atoms. The van der Waals surface area contributed by atoms with E-state index in [4.69, 9.17) is 9.47 Å². The van der Waals surface area contributed by atoms with Crippen LogP contribution in [-0.4, -0.2) is 49.9 Å². The molecule has 2 aromatic heterocycles. The number of carbonyl (C=O) groups is 1. The predicted octanol–water partition coefficient (Wildman–Crippen LogP) is 2.84. The van der Waals surface area contributed by atoms with Crippen LogP contribution in [0.4, 0.5) is 5.69 Å². The largest absolute Gasteiger partial charge is 0.495 e. The van der Waals surface area contributed by atoms with Crippen molar-refractivity contribution < 1.29 is 14.3 Å². The SMILES string of the molecule is CCOc1nn(CC)cc1-c1nnc(SCC(=O)Nc2ccccc2OC)n1C. The van der Waals surface area contributed by atoms with E-state index in [-0.39, 0.29) is 11.7 Å². The molecule has 9 nitrogen and oxygen atoms in total. The highest BCUT2D eigenvalue weighted by Gasteiger charge is 2.19. The van der Waals surface area contributed by atoms with E-state index in [0.29, 0.717) is 34.9 Å². The molecule has 0 fully saturated rings. The van der Waals surface area contributed by atoms with Crippen LogP contribution in [0.15, 0.2) is 35.6 Å². The topological polar surface area (TPSA) is 96.1 Å². The molecular weight excluding hydrogens is 392 g/mol. The van der Waals surface area contributed by atoms with Gasteiger partial charge in [-0.1, -0.05) is 23.9 Å². The Labute approximate surface area is 173 Å². The van der Waals surface area contributed by atoms with E-state index in [9.17, 15) is 4.79 Å². The van der Waals surface area contributed by atoms with Crippen LogP contribution in [0.3, 0.4) is 0 Å². The van der Waals surface area contributed by atoms with Gasteiger partial charge < -0.3 is 19.4 Å². The number of carbonyl (C=O) groups excluding carboxylic acids is 1. The maximum Gasteiger partial charge on any atom is 0.243 e. The van der Waals surface area contributed by atoms with Gasteiger partial charge in [0.1, 0.15) is 11.3 Å². The average Bonchev–Trinajstić information content (AvgIpc) is 3.30. The molecule has 0 aliphatic rings. The second-order valence-corrected chi connectivity index (χ2v) is 6.98. The molecule has 1 amide bonds. The number of nitrogens with zero attached hydrogens (tertiary/aromatic N) is 5. The number of rotatable bonds is 9. The first-order valence-electron chi connectivity index (χ1n) is 9.23. The number of thioether (sulfide) groups is 1. The summed E-state index contributed by atoms with van der Waals surface area (Å²) in [6, 6.07) is 7.28. The molecule has 3 rings (SSSR count). The van der Waals surface area contributed by atoms with Gasteiger partial charge in [0.15, 0.2) is 11.0 Å². The number of para-hydroxylation sites is 2. The molecule has 0 saturated carbocycles. The van der Waals surface area contributed by atoms with Crippen molar-refractivity contribution >= 4 is 23.4 Å². The van der Waals surface area contributed by atoms with Crippen molar-refractivity contribution in [3.63, 3.8) is 0 Å². The van der Waals surface area contributed by atoms with Crippen molar-refractivity contribution in [3.05, 3.63) is 30.5 Å². The number of benzene rings is 1. The molecule has 0 unspecified atom stereocenters. The Hall–Kier alpha value is -3.01. The van der Waals surface area contributed by atoms with E-state index >= 15 is 0 Å². The number of hydrogen-bond acceptors (Lipinski definition) is 7. The van der Waals surface area contributed by atoms with E-state index < -0.39 is 0 Å². The van der Waals surface area contributed by atoms with Crippen LogP contribution < -0.4 is 14.8 Å². The molecule has 0 atom stereocenters. The summed E-state index contributed by atoms with van der Waals surface area (Å²) in [5.41, 5.74) is 1.40. The Morgan fingerprint density at radius 2 is 2.03 bits per heavy atom. The molecule has 0 aliphatic carbocycles. The first-order valence-corrected chi connectivity index (χ1v) is 10.2.